The van der Waals surface area contributed by atoms with Gasteiger partial charge in [0.1, 0.15) is 6.29 Å². The molecule has 0 unspecified atom stereocenters. The van der Waals surface area contributed by atoms with E-state index in [1.807, 2.05) is 54.6 Å². The van der Waals surface area contributed by atoms with Crippen molar-refractivity contribution in [1.29, 1.82) is 0 Å². The average molecular weight is 235 g/mol. The van der Waals surface area contributed by atoms with Crippen molar-refractivity contribution < 1.29 is 4.79 Å². The van der Waals surface area contributed by atoms with Crippen LogP contribution in [0.1, 0.15) is 12.0 Å². The Bertz CT molecular complexity index is 562. The highest BCUT2D eigenvalue weighted by molar-refractivity contribution is 5.60. The summed E-state index contributed by atoms with van der Waals surface area (Å²) in [6.07, 6.45) is 1.09. The van der Waals surface area contributed by atoms with Gasteiger partial charge in [0, 0.05) is 16.9 Å². The molecule has 0 amide bonds. The third-order valence-electron chi connectivity index (χ3n) is 2.37. The Morgan fingerprint density at radius 3 is 2.28 bits per heavy atom. The summed E-state index contributed by atoms with van der Waals surface area (Å²) in [6.45, 7) is 0. The van der Waals surface area contributed by atoms with Crippen LogP contribution in [0.2, 0.25) is 0 Å². The van der Waals surface area contributed by atoms with Crippen LogP contribution in [0.5, 0.6) is 0 Å². The predicted molar refractivity (Wildman–Crippen MR) is 73.7 cm³/mol. The van der Waals surface area contributed by atoms with Crippen molar-refractivity contribution in [3.63, 3.8) is 0 Å². The molecule has 2 nitrogen and oxygen atoms in total. The van der Waals surface area contributed by atoms with E-state index >= 15 is 0 Å². The molecule has 0 aromatic heterocycles. The van der Waals surface area contributed by atoms with E-state index in [2.05, 4.69) is 17.2 Å². The zero-order valence-corrected chi connectivity index (χ0v) is 9.89. The lowest BCUT2D eigenvalue weighted by atomic mass is 10.2. The highest BCUT2D eigenvalue weighted by Gasteiger charge is 1.93. The SMILES string of the molecule is O=CCC#Cc1ccc(Nc2ccccc2)cc1. The second-order valence-electron chi connectivity index (χ2n) is 3.74. The lowest BCUT2D eigenvalue weighted by Crippen LogP contribution is -1.89. The summed E-state index contributed by atoms with van der Waals surface area (Å²) in [5.41, 5.74) is 2.98. The van der Waals surface area contributed by atoms with Crippen molar-refractivity contribution in [3.8, 4) is 11.8 Å². The smallest absolute Gasteiger partial charge is 0.131 e. The van der Waals surface area contributed by atoms with Crippen LogP contribution >= 0.6 is 0 Å². The molecular weight excluding hydrogens is 222 g/mol. The molecule has 2 heteroatoms. The minimum Gasteiger partial charge on any atom is -0.356 e. The van der Waals surface area contributed by atoms with Gasteiger partial charge in [0.2, 0.25) is 0 Å². The van der Waals surface area contributed by atoms with E-state index in [0.717, 1.165) is 23.2 Å². The van der Waals surface area contributed by atoms with Crippen molar-refractivity contribution in [1.82, 2.24) is 0 Å². The van der Waals surface area contributed by atoms with Gasteiger partial charge in [-0.1, -0.05) is 30.0 Å². The van der Waals surface area contributed by atoms with Gasteiger partial charge < -0.3 is 10.1 Å². The Kier molecular flexibility index (Phi) is 4.16. The highest BCUT2D eigenvalue weighted by Crippen LogP contribution is 2.16. The second-order valence-corrected chi connectivity index (χ2v) is 3.74. The molecule has 2 aromatic rings. The fraction of sp³-hybridized carbons (Fsp3) is 0.0625. The Balaban J connectivity index is 2.05. The zero-order chi connectivity index (χ0) is 12.6. The maximum atomic E-state index is 10.1. The topological polar surface area (TPSA) is 29.1 Å². The first-order chi connectivity index (χ1) is 8.88. The third-order valence-corrected chi connectivity index (χ3v) is 2.37. The number of carbonyl (C=O) groups is 1. The molecule has 0 saturated heterocycles. The van der Waals surface area contributed by atoms with Gasteiger partial charge in [-0.3, -0.25) is 0 Å². The number of hydrogen-bond acceptors (Lipinski definition) is 2. The predicted octanol–water partition coefficient (Wildman–Crippen LogP) is 3.37. The maximum Gasteiger partial charge on any atom is 0.131 e. The van der Waals surface area contributed by atoms with Gasteiger partial charge in [-0.25, -0.2) is 0 Å². The minimum absolute atomic E-state index is 0.282. The summed E-state index contributed by atoms with van der Waals surface area (Å²) in [6, 6.07) is 17.8. The zero-order valence-electron chi connectivity index (χ0n) is 9.89. The highest BCUT2D eigenvalue weighted by atomic mass is 16.1. The Morgan fingerprint density at radius 2 is 1.61 bits per heavy atom. The Morgan fingerprint density at radius 1 is 0.944 bits per heavy atom. The summed E-state index contributed by atoms with van der Waals surface area (Å²) >= 11 is 0. The lowest BCUT2D eigenvalue weighted by molar-refractivity contribution is -0.107. The van der Waals surface area contributed by atoms with Crippen molar-refractivity contribution in [3.05, 3.63) is 60.2 Å². The summed E-state index contributed by atoms with van der Waals surface area (Å²) in [7, 11) is 0. The largest absolute Gasteiger partial charge is 0.356 e. The number of aldehydes is 1. The quantitative estimate of drug-likeness (QED) is 0.652. The molecule has 1 N–H and O–H groups in total. The number of carbonyl (C=O) groups excluding carboxylic acids is 1. The summed E-state index contributed by atoms with van der Waals surface area (Å²) in [4.78, 5) is 10.1. The molecule has 0 aliphatic rings. The van der Waals surface area contributed by atoms with Gasteiger partial charge >= 0.3 is 0 Å². The third kappa shape index (κ3) is 3.50. The van der Waals surface area contributed by atoms with Gasteiger partial charge in [0.25, 0.3) is 0 Å². The van der Waals surface area contributed by atoms with E-state index in [4.69, 9.17) is 0 Å². The van der Waals surface area contributed by atoms with E-state index in [1.165, 1.54) is 0 Å². The van der Waals surface area contributed by atoms with Crippen LogP contribution in [0.4, 0.5) is 11.4 Å². The van der Waals surface area contributed by atoms with Crippen molar-refractivity contribution >= 4 is 17.7 Å². The Labute approximate surface area is 107 Å². The minimum atomic E-state index is 0.282. The van der Waals surface area contributed by atoms with Crippen LogP contribution in [0.3, 0.4) is 0 Å². The van der Waals surface area contributed by atoms with E-state index in [9.17, 15) is 4.79 Å². The van der Waals surface area contributed by atoms with E-state index in [-0.39, 0.29) is 6.42 Å². The summed E-state index contributed by atoms with van der Waals surface area (Å²) in [5, 5.41) is 3.29. The van der Waals surface area contributed by atoms with Gasteiger partial charge in [-0.05, 0) is 36.4 Å². The van der Waals surface area contributed by atoms with Crippen LogP contribution < -0.4 is 5.32 Å². The van der Waals surface area contributed by atoms with E-state index in [0.29, 0.717) is 0 Å². The van der Waals surface area contributed by atoms with Crippen molar-refractivity contribution in [2.45, 2.75) is 6.42 Å². The normalized spacial score (nSPS) is 9.11. The molecule has 0 radical (unpaired) electrons. The number of rotatable bonds is 3. The lowest BCUT2D eigenvalue weighted by Gasteiger charge is -2.05. The second kappa shape index (κ2) is 6.27. The number of para-hydroxylation sites is 1. The summed E-state index contributed by atoms with van der Waals surface area (Å²) < 4.78 is 0. The first-order valence-electron chi connectivity index (χ1n) is 5.73. The molecule has 0 saturated carbocycles. The number of anilines is 2. The molecule has 18 heavy (non-hydrogen) atoms. The molecule has 0 atom stereocenters. The van der Waals surface area contributed by atoms with Crippen molar-refractivity contribution in [2.24, 2.45) is 0 Å². The van der Waals surface area contributed by atoms with Crippen LogP contribution in [0.15, 0.2) is 54.6 Å². The molecule has 2 rings (SSSR count). The molecule has 88 valence electrons. The molecule has 0 aliphatic heterocycles. The molecule has 0 fully saturated rings. The molecule has 0 spiro atoms. The molecular formula is C16H13NO. The van der Waals surface area contributed by atoms with Crippen LogP contribution in [-0.2, 0) is 4.79 Å². The first-order valence-corrected chi connectivity index (χ1v) is 5.73. The standard InChI is InChI=1S/C16H13NO/c18-13-5-4-6-14-9-11-16(12-10-14)17-15-7-2-1-3-8-15/h1-3,7-13,17H,5H2. The van der Waals surface area contributed by atoms with Gasteiger partial charge in [-0.15, -0.1) is 0 Å². The molecule has 0 heterocycles. The van der Waals surface area contributed by atoms with Crippen LogP contribution in [-0.4, -0.2) is 6.29 Å². The van der Waals surface area contributed by atoms with Gasteiger partial charge in [-0.2, -0.15) is 0 Å². The van der Waals surface area contributed by atoms with Gasteiger partial charge in [0.15, 0.2) is 0 Å². The summed E-state index contributed by atoms with van der Waals surface area (Å²) in [5.74, 6) is 5.71. The Hall–Kier alpha value is -2.53. The maximum absolute atomic E-state index is 10.1. The van der Waals surface area contributed by atoms with Gasteiger partial charge in [0.05, 0.1) is 6.42 Å². The van der Waals surface area contributed by atoms with E-state index < -0.39 is 0 Å². The monoisotopic (exact) mass is 235 g/mol. The first kappa shape index (κ1) is 11.9. The number of benzene rings is 2. The molecule has 2 aromatic carbocycles. The number of nitrogens with one attached hydrogen (secondary N) is 1. The van der Waals surface area contributed by atoms with Crippen LogP contribution in [0, 0.1) is 11.8 Å². The number of hydrogen-bond donors (Lipinski definition) is 1. The average Bonchev–Trinajstić information content (AvgIpc) is 2.42. The molecule has 0 bridgehead atoms. The van der Waals surface area contributed by atoms with Crippen molar-refractivity contribution in [2.75, 3.05) is 5.32 Å². The fourth-order valence-corrected chi connectivity index (χ4v) is 1.52. The van der Waals surface area contributed by atoms with Crippen LogP contribution in [0.25, 0.3) is 0 Å². The van der Waals surface area contributed by atoms with E-state index in [1.54, 1.807) is 0 Å². The molecule has 0 aliphatic carbocycles. The fourth-order valence-electron chi connectivity index (χ4n) is 1.52.